The minimum Gasteiger partial charge on any atom is -0.489 e. The number of benzene rings is 1. The lowest BCUT2D eigenvalue weighted by atomic mass is 9.78. The molecule has 0 unspecified atom stereocenters. The smallest absolute Gasteiger partial charge is 0.254 e. The van der Waals surface area contributed by atoms with E-state index in [1.54, 1.807) is 0 Å². The molecule has 4 rings (SSSR count). The zero-order valence-electron chi connectivity index (χ0n) is 16.2. The van der Waals surface area contributed by atoms with Gasteiger partial charge in [-0.2, -0.15) is 0 Å². The van der Waals surface area contributed by atoms with Crippen molar-refractivity contribution in [2.45, 2.75) is 65.0 Å². The molecule has 1 amide bonds. The minimum atomic E-state index is 0.148. The number of piperidine rings is 1. The van der Waals surface area contributed by atoms with Crippen LogP contribution in [0.5, 0.6) is 5.75 Å². The van der Waals surface area contributed by atoms with E-state index in [-0.39, 0.29) is 5.91 Å². The highest BCUT2D eigenvalue weighted by Crippen LogP contribution is 2.36. The summed E-state index contributed by atoms with van der Waals surface area (Å²) in [4.78, 5) is 15.3. The number of aromatic nitrogens is 1. The molecule has 0 bridgehead atoms. The van der Waals surface area contributed by atoms with Crippen molar-refractivity contribution in [2.24, 2.45) is 5.92 Å². The summed E-state index contributed by atoms with van der Waals surface area (Å²) in [7, 11) is 0. The van der Waals surface area contributed by atoms with Crippen LogP contribution in [0.3, 0.4) is 0 Å². The van der Waals surface area contributed by atoms with Gasteiger partial charge in [-0.25, -0.2) is 0 Å². The summed E-state index contributed by atoms with van der Waals surface area (Å²) < 4.78 is 11.1. The van der Waals surface area contributed by atoms with Crippen molar-refractivity contribution in [1.29, 1.82) is 0 Å². The first-order chi connectivity index (χ1) is 13.1. The number of hydrogen-bond acceptors (Lipinski definition) is 4. The first-order valence-corrected chi connectivity index (χ1v) is 10.1. The van der Waals surface area contributed by atoms with Crippen molar-refractivity contribution in [3.63, 3.8) is 0 Å². The molecule has 144 valence electrons. The lowest BCUT2D eigenvalue weighted by Crippen LogP contribution is -2.49. The van der Waals surface area contributed by atoms with Crippen LogP contribution < -0.4 is 4.74 Å². The molecule has 1 aromatic carbocycles. The summed E-state index contributed by atoms with van der Waals surface area (Å²) in [5.74, 6) is 2.32. The Labute approximate surface area is 160 Å². The van der Waals surface area contributed by atoms with Crippen molar-refractivity contribution in [1.82, 2.24) is 10.1 Å². The third-order valence-corrected chi connectivity index (χ3v) is 6.15. The fraction of sp³-hybridized carbons (Fsp3) is 0.545. The van der Waals surface area contributed by atoms with Crippen LogP contribution in [0.4, 0.5) is 0 Å². The summed E-state index contributed by atoms with van der Waals surface area (Å²) in [6.07, 6.45) is 7.37. The van der Waals surface area contributed by atoms with Crippen LogP contribution in [0, 0.1) is 19.8 Å². The van der Waals surface area contributed by atoms with Gasteiger partial charge in [0.2, 0.25) is 0 Å². The summed E-state index contributed by atoms with van der Waals surface area (Å²) in [6.45, 7) is 5.07. The average Bonchev–Trinajstić information content (AvgIpc) is 3.03. The number of nitrogens with zero attached hydrogens (tertiary/aromatic N) is 2. The summed E-state index contributed by atoms with van der Waals surface area (Å²) in [5, 5.41) is 3.96. The molecule has 2 aliphatic rings. The number of carbonyl (C=O) groups excluding carboxylic acids is 1. The monoisotopic (exact) mass is 368 g/mol. The van der Waals surface area contributed by atoms with E-state index in [1.165, 1.54) is 25.7 Å². The van der Waals surface area contributed by atoms with Crippen LogP contribution in [0.15, 0.2) is 28.8 Å². The quantitative estimate of drug-likeness (QED) is 0.787. The van der Waals surface area contributed by atoms with Crippen LogP contribution in [0.2, 0.25) is 0 Å². The van der Waals surface area contributed by atoms with E-state index in [0.29, 0.717) is 24.3 Å². The number of hydrogen-bond donors (Lipinski definition) is 0. The predicted molar refractivity (Wildman–Crippen MR) is 103 cm³/mol. The number of amides is 1. The van der Waals surface area contributed by atoms with Crippen molar-refractivity contribution < 1.29 is 14.1 Å². The van der Waals surface area contributed by atoms with Gasteiger partial charge in [-0.15, -0.1) is 0 Å². The Hall–Kier alpha value is -2.30. The molecule has 1 saturated heterocycles. The van der Waals surface area contributed by atoms with E-state index in [2.05, 4.69) is 10.1 Å². The van der Waals surface area contributed by atoms with Crippen molar-refractivity contribution in [2.75, 3.05) is 6.54 Å². The van der Waals surface area contributed by atoms with Gasteiger partial charge in [-0.1, -0.05) is 24.1 Å². The van der Waals surface area contributed by atoms with Crippen LogP contribution in [-0.2, 0) is 6.61 Å². The van der Waals surface area contributed by atoms with E-state index in [1.807, 2.05) is 38.1 Å². The van der Waals surface area contributed by atoms with Crippen LogP contribution in [0.25, 0.3) is 0 Å². The fourth-order valence-corrected chi connectivity index (χ4v) is 4.63. The average molecular weight is 368 g/mol. The molecule has 5 heteroatoms. The maximum Gasteiger partial charge on any atom is 0.254 e. The molecule has 2 atom stereocenters. The third kappa shape index (κ3) is 3.73. The van der Waals surface area contributed by atoms with Gasteiger partial charge in [0.05, 0.1) is 11.3 Å². The normalized spacial score (nSPS) is 22.4. The number of rotatable bonds is 4. The third-order valence-electron chi connectivity index (χ3n) is 6.15. The molecule has 0 N–H and O–H groups in total. The largest absolute Gasteiger partial charge is 0.489 e. The Balaban J connectivity index is 1.47. The second-order valence-electron chi connectivity index (χ2n) is 7.87. The number of likely N-dealkylation sites (tertiary alicyclic amines) is 1. The minimum absolute atomic E-state index is 0.148. The number of carbonyl (C=O) groups is 1. The summed E-state index contributed by atoms with van der Waals surface area (Å²) in [6, 6.07) is 7.99. The zero-order valence-corrected chi connectivity index (χ0v) is 16.2. The highest BCUT2D eigenvalue weighted by molar-refractivity contribution is 5.95. The Kier molecular flexibility index (Phi) is 5.19. The van der Waals surface area contributed by atoms with E-state index < -0.39 is 0 Å². The summed E-state index contributed by atoms with van der Waals surface area (Å²) in [5.41, 5.74) is 2.53. The Morgan fingerprint density at radius 2 is 2.04 bits per heavy atom. The first kappa shape index (κ1) is 18.1. The van der Waals surface area contributed by atoms with Gasteiger partial charge in [0, 0.05) is 18.2 Å². The number of fused-ring (bicyclic) bond motifs is 1. The van der Waals surface area contributed by atoms with Crippen LogP contribution in [0.1, 0.15) is 65.9 Å². The SMILES string of the molecule is Cc1noc(C)c1COc1cccc(C(=O)N2CCC[C@H]3CCCC[C@@H]32)c1. The molecule has 1 saturated carbocycles. The second-order valence-corrected chi connectivity index (χ2v) is 7.87. The van der Waals surface area contributed by atoms with E-state index in [9.17, 15) is 4.79 Å². The van der Waals surface area contributed by atoms with Crippen LogP contribution in [-0.4, -0.2) is 28.6 Å². The maximum absolute atomic E-state index is 13.2. The van der Waals surface area contributed by atoms with Crippen LogP contribution >= 0.6 is 0 Å². The molecular formula is C22H28N2O3. The van der Waals surface area contributed by atoms with Gasteiger partial charge in [-0.05, 0) is 63.6 Å². The maximum atomic E-state index is 13.2. The molecule has 1 aliphatic heterocycles. The number of aryl methyl sites for hydroxylation is 2. The van der Waals surface area contributed by atoms with Gasteiger partial charge in [0.15, 0.2) is 0 Å². The highest BCUT2D eigenvalue weighted by Gasteiger charge is 2.36. The van der Waals surface area contributed by atoms with Crippen molar-refractivity contribution in [3.05, 3.63) is 46.8 Å². The Morgan fingerprint density at radius 1 is 1.22 bits per heavy atom. The Morgan fingerprint density at radius 3 is 2.85 bits per heavy atom. The zero-order chi connectivity index (χ0) is 18.8. The van der Waals surface area contributed by atoms with E-state index >= 15 is 0 Å². The molecule has 2 aromatic rings. The molecular weight excluding hydrogens is 340 g/mol. The molecule has 2 heterocycles. The lowest BCUT2D eigenvalue weighted by molar-refractivity contribution is 0.0390. The molecule has 0 spiro atoms. The Bertz CT molecular complexity index is 792. The second kappa shape index (κ2) is 7.75. The number of ether oxygens (including phenoxy) is 1. The lowest BCUT2D eigenvalue weighted by Gasteiger charge is -2.44. The van der Waals surface area contributed by atoms with Gasteiger partial charge in [0.25, 0.3) is 5.91 Å². The van der Waals surface area contributed by atoms with Gasteiger partial charge < -0.3 is 14.2 Å². The van der Waals surface area contributed by atoms with Crippen molar-refractivity contribution in [3.8, 4) is 5.75 Å². The van der Waals surface area contributed by atoms with E-state index in [4.69, 9.17) is 9.26 Å². The topological polar surface area (TPSA) is 55.6 Å². The van der Waals surface area contributed by atoms with E-state index in [0.717, 1.165) is 42.0 Å². The predicted octanol–water partition coefficient (Wildman–Crippen LogP) is 4.67. The molecule has 1 aliphatic carbocycles. The van der Waals surface area contributed by atoms with Gasteiger partial charge in [0.1, 0.15) is 18.1 Å². The molecule has 27 heavy (non-hydrogen) atoms. The fourth-order valence-electron chi connectivity index (χ4n) is 4.63. The standard InChI is InChI=1S/C22H28N2O3/c1-15-20(16(2)27-23-15)14-26-19-10-5-8-18(13-19)22(25)24-12-6-9-17-7-3-4-11-21(17)24/h5,8,10,13,17,21H,3-4,6-7,9,11-12,14H2,1-2H3/t17-,21+/m1/s1. The molecule has 0 radical (unpaired) electrons. The van der Waals surface area contributed by atoms with Gasteiger partial charge in [-0.3, -0.25) is 4.79 Å². The first-order valence-electron chi connectivity index (χ1n) is 10.1. The molecule has 5 nitrogen and oxygen atoms in total. The molecule has 1 aromatic heterocycles. The molecule has 2 fully saturated rings. The van der Waals surface area contributed by atoms with Crippen molar-refractivity contribution >= 4 is 5.91 Å². The van der Waals surface area contributed by atoms with Gasteiger partial charge >= 0.3 is 0 Å². The summed E-state index contributed by atoms with van der Waals surface area (Å²) >= 11 is 0. The highest BCUT2D eigenvalue weighted by atomic mass is 16.5.